The molecule has 1 aliphatic rings. The number of nitrogens with one attached hydrogen (secondary N) is 2. The molecule has 7 nitrogen and oxygen atoms in total. The Morgan fingerprint density at radius 3 is 2.65 bits per heavy atom. The largest absolute Gasteiger partial charge is 0.481 e. The van der Waals surface area contributed by atoms with Gasteiger partial charge in [0.15, 0.2) is 0 Å². The zero-order valence-corrected chi connectivity index (χ0v) is 20.8. The lowest BCUT2D eigenvalue weighted by Crippen LogP contribution is -2.41. The van der Waals surface area contributed by atoms with Crippen LogP contribution < -0.4 is 10.6 Å². The number of nitrogens with zero attached hydrogens (tertiary/aromatic N) is 2. The predicted molar refractivity (Wildman–Crippen MR) is 141 cm³/mol. The minimum atomic E-state index is -1.11. The van der Waals surface area contributed by atoms with Crippen molar-refractivity contribution in [1.82, 2.24) is 15.2 Å². The van der Waals surface area contributed by atoms with Crippen LogP contribution in [0.25, 0.3) is 0 Å². The number of aliphatic carboxylic acids is 1. The van der Waals surface area contributed by atoms with E-state index in [1.807, 2.05) is 18.2 Å². The highest BCUT2D eigenvalue weighted by Gasteiger charge is 2.22. The number of hydrogen-bond donors (Lipinski definition) is 3. The van der Waals surface area contributed by atoms with Gasteiger partial charge in [0.1, 0.15) is 11.6 Å². The van der Waals surface area contributed by atoms with Crippen LogP contribution in [0.15, 0.2) is 66.7 Å². The van der Waals surface area contributed by atoms with Crippen molar-refractivity contribution in [3.05, 3.63) is 94.9 Å². The summed E-state index contributed by atoms with van der Waals surface area (Å²) < 4.78 is 13.6. The Morgan fingerprint density at radius 2 is 1.86 bits per heavy atom. The molecule has 37 heavy (non-hydrogen) atoms. The second kappa shape index (κ2) is 13.0. The van der Waals surface area contributed by atoms with E-state index in [9.17, 15) is 19.1 Å². The first-order chi connectivity index (χ1) is 18.0. The number of anilines is 1. The van der Waals surface area contributed by atoms with Crippen molar-refractivity contribution >= 4 is 17.7 Å². The second-order valence-corrected chi connectivity index (χ2v) is 9.35. The summed E-state index contributed by atoms with van der Waals surface area (Å²) in [6.45, 7) is 2.26. The first-order valence-corrected chi connectivity index (χ1v) is 12.7. The number of halogens is 1. The maximum absolute atomic E-state index is 13.6. The highest BCUT2D eigenvalue weighted by atomic mass is 19.1. The molecule has 0 spiro atoms. The number of pyridine rings is 1. The van der Waals surface area contributed by atoms with E-state index in [1.54, 1.807) is 6.07 Å². The molecule has 2 heterocycles. The lowest BCUT2D eigenvalue weighted by atomic mass is 9.99. The maximum Gasteiger partial charge on any atom is 0.312 e. The van der Waals surface area contributed by atoms with Crippen LogP contribution in [0.2, 0.25) is 0 Å². The van der Waals surface area contributed by atoms with Crippen molar-refractivity contribution in [2.45, 2.75) is 31.6 Å². The number of aromatic nitrogens is 1. The van der Waals surface area contributed by atoms with Gasteiger partial charge >= 0.3 is 5.97 Å². The quantitative estimate of drug-likeness (QED) is 0.349. The van der Waals surface area contributed by atoms with Crippen molar-refractivity contribution in [3.63, 3.8) is 0 Å². The molecule has 0 aliphatic carbocycles. The molecule has 0 bridgehead atoms. The zero-order chi connectivity index (χ0) is 26.0. The molecular weight excluding hydrogens is 471 g/mol. The highest BCUT2D eigenvalue weighted by molar-refractivity contribution is 5.81. The van der Waals surface area contributed by atoms with Gasteiger partial charge in [0.2, 0.25) is 5.91 Å². The van der Waals surface area contributed by atoms with E-state index >= 15 is 0 Å². The third kappa shape index (κ3) is 7.85. The fraction of sp³-hybridized carbons (Fsp3) is 0.345. The van der Waals surface area contributed by atoms with Gasteiger partial charge in [0, 0.05) is 38.3 Å². The van der Waals surface area contributed by atoms with Gasteiger partial charge in [0.25, 0.3) is 0 Å². The molecular formula is C29H33FN4O3. The van der Waals surface area contributed by atoms with Gasteiger partial charge in [0.05, 0.1) is 12.5 Å². The van der Waals surface area contributed by atoms with Crippen LogP contribution in [0.5, 0.6) is 0 Å². The molecule has 0 fully saturated rings. The number of carbonyl (C=O) groups is 2. The lowest BCUT2D eigenvalue weighted by molar-refractivity contribution is -0.138. The molecule has 2 aromatic carbocycles. The van der Waals surface area contributed by atoms with Crippen molar-refractivity contribution < 1.29 is 19.1 Å². The number of aryl methyl sites for hydroxylation is 1. The van der Waals surface area contributed by atoms with E-state index in [0.29, 0.717) is 25.1 Å². The molecule has 3 aromatic rings. The van der Waals surface area contributed by atoms with Crippen LogP contribution in [0.4, 0.5) is 10.2 Å². The van der Waals surface area contributed by atoms with Crippen LogP contribution in [0.1, 0.15) is 34.7 Å². The Hall–Kier alpha value is -3.78. The molecule has 1 atom stereocenters. The topological polar surface area (TPSA) is 94.6 Å². The lowest BCUT2D eigenvalue weighted by Gasteiger charge is -2.23. The smallest absolute Gasteiger partial charge is 0.312 e. The standard InChI is InChI=1S/C29H33FN4O3/c30-24-10-4-8-23(18-24)26(29(36)37)19-32-27(35)20-34(16-13-21-6-2-1-3-7-21)17-14-25-12-11-22-9-5-15-31-28(22)33-25/h1-4,6-8,10-12,18,26H,5,9,13-17,19-20H2,(H,31,33)(H,32,35)(H,36,37)/t26-/m1/s1. The van der Waals surface area contributed by atoms with Crippen molar-refractivity contribution in [2.24, 2.45) is 0 Å². The van der Waals surface area contributed by atoms with Gasteiger partial charge in [-0.15, -0.1) is 0 Å². The first kappa shape index (κ1) is 26.3. The fourth-order valence-electron chi connectivity index (χ4n) is 4.53. The number of carboxylic acids is 1. The number of benzene rings is 2. The number of amides is 1. The van der Waals surface area contributed by atoms with Gasteiger partial charge in [-0.3, -0.25) is 14.5 Å². The van der Waals surface area contributed by atoms with Crippen molar-refractivity contribution in [1.29, 1.82) is 0 Å². The SMILES string of the molecule is O=C(CN(CCc1ccccc1)CCc1ccc2c(n1)NCCC2)NC[C@@H](C(=O)O)c1cccc(F)c1. The predicted octanol–water partition coefficient (Wildman–Crippen LogP) is 3.65. The van der Waals surface area contributed by atoms with E-state index in [-0.39, 0.29) is 19.0 Å². The molecule has 1 amide bonds. The van der Waals surface area contributed by atoms with E-state index in [0.717, 1.165) is 37.3 Å². The number of hydrogen-bond acceptors (Lipinski definition) is 5. The first-order valence-electron chi connectivity index (χ1n) is 12.7. The molecule has 1 aromatic heterocycles. The summed E-state index contributed by atoms with van der Waals surface area (Å²) in [5, 5.41) is 15.7. The number of fused-ring (bicyclic) bond motifs is 1. The Kier molecular flexibility index (Phi) is 9.21. The van der Waals surface area contributed by atoms with Gasteiger partial charge in [-0.2, -0.15) is 0 Å². The summed E-state index contributed by atoms with van der Waals surface area (Å²) in [5.74, 6) is -1.96. The third-order valence-corrected chi connectivity index (χ3v) is 6.62. The number of rotatable bonds is 12. The average molecular weight is 505 g/mol. The minimum absolute atomic E-state index is 0.109. The highest BCUT2D eigenvalue weighted by Crippen LogP contribution is 2.20. The van der Waals surface area contributed by atoms with Crippen LogP contribution in [0, 0.1) is 5.82 Å². The Balaban J connectivity index is 1.37. The molecule has 0 radical (unpaired) electrons. The molecule has 0 unspecified atom stereocenters. The molecule has 4 rings (SSSR count). The molecule has 0 saturated carbocycles. The van der Waals surface area contributed by atoms with E-state index in [2.05, 4.69) is 39.8 Å². The van der Waals surface area contributed by atoms with Gasteiger partial charge in [-0.1, -0.05) is 48.5 Å². The zero-order valence-electron chi connectivity index (χ0n) is 20.8. The molecule has 1 aliphatic heterocycles. The van der Waals surface area contributed by atoms with Crippen molar-refractivity contribution in [3.8, 4) is 0 Å². The Bertz CT molecular complexity index is 1200. The summed E-state index contributed by atoms with van der Waals surface area (Å²) >= 11 is 0. The summed E-state index contributed by atoms with van der Waals surface area (Å²) in [4.78, 5) is 31.5. The Labute approximate surface area is 216 Å². The molecule has 3 N–H and O–H groups in total. The van der Waals surface area contributed by atoms with E-state index < -0.39 is 17.7 Å². The van der Waals surface area contributed by atoms with Gasteiger partial charge in [-0.05, 0) is 54.2 Å². The average Bonchev–Trinajstić information content (AvgIpc) is 2.90. The van der Waals surface area contributed by atoms with Gasteiger partial charge in [-0.25, -0.2) is 9.37 Å². The Morgan fingerprint density at radius 1 is 1.05 bits per heavy atom. The van der Waals surface area contributed by atoms with Crippen molar-refractivity contribution in [2.75, 3.05) is 38.0 Å². The number of carbonyl (C=O) groups excluding carboxylic acids is 1. The maximum atomic E-state index is 13.6. The summed E-state index contributed by atoms with van der Waals surface area (Å²) in [6.07, 6.45) is 3.62. The minimum Gasteiger partial charge on any atom is -0.481 e. The van der Waals surface area contributed by atoms with Crippen LogP contribution in [-0.4, -0.2) is 59.6 Å². The normalized spacial score (nSPS) is 13.5. The van der Waals surface area contributed by atoms with Crippen LogP contribution in [0.3, 0.4) is 0 Å². The second-order valence-electron chi connectivity index (χ2n) is 9.35. The van der Waals surface area contributed by atoms with Gasteiger partial charge < -0.3 is 15.7 Å². The van der Waals surface area contributed by atoms with Crippen LogP contribution >= 0.6 is 0 Å². The molecule has 194 valence electrons. The van der Waals surface area contributed by atoms with E-state index in [4.69, 9.17) is 4.98 Å². The summed E-state index contributed by atoms with van der Waals surface area (Å²) in [5.41, 5.74) is 3.71. The van der Waals surface area contributed by atoms with E-state index in [1.165, 1.54) is 29.3 Å². The summed E-state index contributed by atoms with van der Waals surface area (Å²) in [7, 11) is 0. The number of carboxylic acid groups (broad SMARTS) is 1. The summed E-state index contributed by atoms with van der Waals surface area (Å²) in [6, 6.07) is 19.7. The molecule has 8 heteroatoms. The molecule has 0 saturated heterocycles. The monoisotopic (exact) mass is 504 g/mol. The third-order valence-electron chi connectivity index (χ3n) is 6.62. The fourth-order valence-corrected chi connectivity index (χ4v) is 4.53. The van der Waals surface area contributed by atoms with Crippen LogP contribution in [-0.2, 0) is 28.9 Å².